The SMILES string of the molecule is O=C(C1CCCCC1)N1CCN(Cc2cc(=O)oc3cc4c(cc23)CCC4)CC1. The van der Waals surface area contributed by atoms with Crippen LogP contribution in [-0.4, -0.2) is 41.9 Å². The number of aryl methyl sites for hydroxylation is 2. The Morgan fingerprint density at radius 2 is 1.66 bits per heavy atom. The van der Waals surface area contributed by atoms with E-state index >= 15 is 0 Å². The van der Waals surface area contributed by atoms with E-state index in [9.17, 15) is 9.59 Å². The summed E-state index contributed by atoms with van der Waals surface area (Å²) in [6.45, 7) is 4.07. The molecule has 0 radical (unpaired) electrons. The van der Waals surface area contributed by atoms with Gasteiger partial charge in [0.15, 0.2) is 0 Å². The van der Waals surface area contributed by atoms with Gasteiger partial charge in [-0.25, -0.2) is 4.79 Å². The highest BCUT2D eigenvalue weighted by molar-refractivity contribution is 5.82. The standard InChI is InChI=1S/C24H30N2O3/c27-23-15-20(21-13-18-7-4-8-19(18)14-22(21)29-23)16-25-9-11-26(12-10-25)24(28)17-5-2-1-3-6-17/h13-15,17H,1-12,16H2. The first kappa shape index (κ1) is 18.9. The molecule has 1 aromatic carbocycles. The second-order valence-corrected chi connectivity index (χ2v) is 9.00. The molecular formula is C24H30N2O3. The number of piperazine rings is 1. The van der Waals surface area contributed by atoms with Crippen LogP contribution in [0.3, 0.4) is 0 Å². The highest BCUT2D eigenvalue weighted by atomic mass is 16.4. The number of hydrogen-bond acceptors (Lipinski definition) is 4. The Morgan fingerprint density at radius 1 is 0.931 bits per heavy atom. The van der Waals surface area contributed by atoms with Gasteiger partial charge in [-0.1, -0.05) is 19.3 Å². The van der Waals surface area contributed by atoms with Gasteiger partial charge in [0, 0.05) is 50.1 Å². The molecule has 0 spiro atoms. The highest BCUT2D eigenvalue weighted by Crippen LogP contribution is 2.29. The molecule has 2 heterocycles. The molecule has 1 aliphatic heterocycles. The van der Waals surface area contributed by atoms with E-state index in [1.807, 2.05) is 0 Å². The van der Waals surface area contributed by atoms with Crippen molar-refractivity contribution in [1.29, 1.82) is 0 Å². The average molecular weight is 395 g/mol. The van der Waals surface area contributed by atoms with E-state index in [0.717, 1.165) is 74.9 Å². The maximum atomic E-state index is 12.8. The molecule has 0 N–H and O–H groups in total. The third-order valence-electron chi connectivity index (χ3n) is 7.07. The summed E-state index contributed by atoms with van der Waals surface area (Å²) in [5.74, 6) is 0.616. The Labute approximate surface area is 171 Å². The van der Waals surface area contributed by atoms with E-state index in [0.29, 0.717) is 5.91 Å². The van der Waals surface area contributed by atoms with Crippen LogP contribution in [0.2, 0.25) is 0 Å². The zero-order valence-corrected chi connectivity index (χ0v) is 17.1. The lowest BCUT2D eigenvalue weighted by Gasteiger charge is -2.37. The summed E-state index contributed by atoms with van der Waals surface area (Å²) in [6.07, 6.45) is 9.18. The molecule has 0 atom stereocenters. The zero-order chi connectivity index (χ0) is 19.8. The van der Waals surface area contributed by atoms with E-state index in [2.05, 4.69) is 21.9 Å². The molecule has 3 aliphatic rings. The Bertz CT molecular complexity index is 966. The average Bonchev–Trinajstić information content (AvgIpc) is 3.20. The van der Waals surface area contributed by atoms with Gasteiger partial charge in [-0.15, -0.1) is 0 Å². The van der Waals surface area contributed by atoms with E-state index in [-0.39, 0.29) is 11.5 Å². The topological polar surface area (TPSA) is 53.8 Å². The smallest absolute Gasteiger partial charge is 0.336 e. The maximum absolute atomic E-state index is 12.8. The van der Waals surface area contributed by atoms with Crippen LogP contribution in [0.15, 0.2) is 27.4 Å². The Hall–Kier alpha value is -2.14. The predicted molar refractivity (Wildman–Crippen MR) is 113 cm³/mol. The van der Waals surface area contributed by atoms with Crippen molar-refractivity contribution in [3.05, 3.63) is 45.3 Å². The lowest BCUT2D eigenvalue weighted by molar-refractivity contribution is -0.138. The number of amides is 1. The Kier molecular flexibility index (Phi) is 5.17. The van der Waals surface area contributed by atoms with Gasteiger partial charge in [0.2, 0.25) is 5.91 Å². The first-order valence-corrected chi connectivity index (χ1v) is 11.3. The van der Waals surface area contributed by atoms with Crippen LogP contribution >= 0.6 is 0 Å². The Balaban J connectivity index is 1.28. The van der Waals surface area contributed by atoms with Crippen molar-refractivity contribution in [2.75, 3.05) is 26.2 Å². The van der Waals surface area contributed by atoms with Crippen LogP contribution in [0, 0.1) is 5.92 Å². The van der Waals surface area contributed by atoms with Gasteiger partial charge >= 0.3 is 5.63 Å². The molecule has 1 aromatic heterocycles. The number of fused-ring (bicyclic) bond motifs is 2. The molecule has 2 aliphatic carbocycles. The molecule has 29 heavy (non-hydrogen) atoms. The monoisotopic (exact) mass is 394 g/mol. The van der Waals surface area contributed by atoms with E-state index in [4.69, 9.17) is 4.42 Å². The number of carbonyl (C=O) groups is 1. The van der Waals surface area contributed by atoms with Crippen molar-refractivity contribution >= 4 is 16.9 Å². The molecule has 1 saturated heterocycles. The van der Waals surface area contributed by atoms with Gasteiger partial charge in [-0.05, 0) is 60.9 Å². The quantitative estimate of drug-likeness (QED) is 0.748. The molecule has 5 heteroatoms. The normalized spacial score (nSPS) is 20.9. The summed E-state index contributed by atoms with van der Waals surface area (Å²) in [5, 5.41) is 1.07. The molecule has 1 saturated carbocycles. The minimum atomic E-state index is -0.267. The third kappa shape index (κ3) is 3.85. The van der Waals surface area contributed by atoms with Crippen LogP contribution < -0.4 is 5.63 Å². The van der Waals surface area contributed by atoms with Gasteiger partial charge in [0.1, 0.15) is 5.58 Å². The van der Waals surface area contributed by atoms with Crippen molar-refractivity contribution in [3.8, 4) is 0 Å². The van der Waals surface area contributed by atoms with E-state index < -0.39 is 0 Å². The summed E-state index contributed by atoms with van der Waals surface area (Å²) in [6, 6.07) is 5.96. The Morgan fingerprint density at radius 3 is 2.41 bits per heavy atom. The van der Waals surface area contributed by atoms with Crippen molar-refractivity contribution in [1.82, 2.24) is 9.80 Å². The van der Waals surface area contributed by atoms with Gasteiger partial charge < -0.3 is 9.32 Å². The van der Waals surface area contributed by atoms with Crippen LogP contribution in [0.1, 0.15) is 55.2 Å². The molecule has 1 amide bonds. The second-order valence-electron chi connectivity index (χ2n) is 9.00. The van der Waals surface area contributed by atoms with Crippen molar-refractivity contribution in [2.45, 2.75) is 57.9 Å². The fraction of sp³-hybridized carbons (Fsp3) is 0.583. The largest absolute Gasteiger partial charge is 0.423 e. The van der Waals surface area contributed by atoms with Gasteiger partial charge in [0.05, 0.1) is 0 Å². The summed E-state index contributed by atoms with van der Waals surface area (Å²) in [7, 11) is 0. The maximum Gasteiger partial charge on any atom is 0.336 e. The summed E-state index contributed by atoms with van der Waals surface area (Å²) < 4.78 is 5.51. The van der Waals surface area contributed by atoms with Gasteiger partial charge in [-0.2, -0.15) is 0 Å². The fourth-order valence-electron chi connectivity index (χ4n) is 5.40. The summed E-state index contributed by atoms with van der Waals surface area (Å²) in [5.41, 5.74) is 4.23. The van der Waals surface area contributed by atoms with Crippen molar-refractivity contribution in [2.24, 2.45) is 5.92 Å². The first-order chi connectivity index (χ1) is 14.2. The van der Waals surface area contributed by atoms with Crippen LogP contribution in [0.4, 0.5) is 0 Å². The van der Waals surface area contributed by atoms with Gasteiger partial charge in [-0.3, -0.25) is 9.69 Å². The molecular weight excluding hydrogens is 364 g/mol. The molecule has 2 fully saturated rings. The molecule has 5 nitrogen and oxygen atoms in total. The van der Waals surface area contributed by atoms with E-state index in [1.165, 1.54) is 36.8 Å². The fourth-order valence-corrected chi connectivity index (χ4v) is 5.40. The summed E-state index contributed by atoms with van der Waals surface area (Å²) >= 11 is 0. The molecule has 0 bridgehead atoms. The molecule has 154 valence electrons. The molecule has 5 rings (SSSR count). The lowest BCUT2D eigenvalue weighted by Crippen LogP contribution is -2.50. The number of nitrogens with zero attached hydrogens (tertiary/aromatic N) is 2. The van der Waals surface area contributed by atoms with E-state index in [1.54, 1.807) is 6.07 Å². The number of benzene rings is 1. The third-order valence-corrected chi connectivity index (χ3v) is 7.07. The van der Waals surface area contributed by atoms with Gasteiger partial charge in [0.25, 0.3) is 0 Å². The predicted octanol–water partition coefficient (Wildman–Crippen LogP) is 3.51. The highest BCUT2D eigenvalue weighted by Gasteiger charge is 2.28. The number of hydrogen-bond donors (Lipinski definition) is 0. The van der Waals surface area contributed by atoms with Crippen molar-refractivity contribution in [3.63, 3.8) is 0 Å². The summed E-state index contributed by atoms with van der Waals surface area (Å²) in [4.78, 5) is 29.4. The molecule has 0 unspecified atom stereocenters. The number of rotatable bonds is 3. The first-order valence-electron chi connectivity index (χ1n) is 11.3. The zero-order valence-electron chi connectivity index (χ0n) is 17.1. The minimum Gasteiger partial charge on any atom is -0.423 e. The number of carbonyl (C=O) groups excluding carboxylic acids is 1. The molecule has 2 aromatic rings. The van der Waals surface area contributed by atoms with Crippen LogP contribution in [-0.2, 0) is 24.2 Å². The lowest BCUT2D eigenvalue weighted by atomic mass is 9.88. The van der Waals surface area contributed by atoms with Crippen molar-refractivity contribution < 1.29 is 9.21 Å². The minimum absolute atomic E-state index is 0.250. The second kappa shape index (κ2) is 7.94. The van der Waals surface area contributed by atoms with Crippen LogP contribution in [0.5, 0.6) is 0 Å². The van der Waals surface area contributed by atoms with Crippen LogP contribution in [0.25, 0.3) is 11.0 Å².